The van der Waals surface area contributed by atoms with E-state index < -0.39 is 0 Å². The van der Waals surface area contributed by atoms with Crippen molar-refractivity contribution in [1.82, 2.24) is 0 Å². The second kappa shape index (κ2) is 3.51. The summed E-state index contributed by atoms with van der Waals surface area (Å²) in [7, 11) is 0. The van der Waals surface area contributed by atoms with Gasteiger partial charge in [0.2, 0.25) is 0 Å². The molecule has 13 heavy (non-hydrogen) atoms. The van der Waals surface area contributed by atoms with Crippen LogP contribution in [0.1, 0.15) is 36.8 Å². The van der Waals surface area contributed by atoms with Gasteiger partial charge in [-0.05, 0) is 37.3 Å². The molecule has 2 rings (SSSR count). The number of benzene rings is 1. The Morgan fingerprint density at radius 1 is 1.38 bits per heavy atom. The highest BCUT2D eigenvalue weighted by Crippen LogP contribution is 2.33. The molecule has 1 aromatic carbocycles. The number of fused-ring (bicyclic) bond motifs is 1. The van der Waals surface area contributed by atoms with Crippen molar-refractivity contribution >= 4 is 0 Å². The summed E-state index contributed by atoms with van der Waals surface area (Å²) >= 11 is 0. The molecule has 0 bridgehead atoms. The van der Waals surface area contributed by atoms with E-state index in [1.54, 1.807) is 0 Å². The minimum Gasteiger partial charge on any atom is -0.393 e. The first-order valence-corrected chi connectivity index (χ1v) is 5.05. The molecule has 0 fully saturated rings. The van der Waals surface area contributed by atoms with Gasteiger partial charge in [0.25, 0.3) is 0 Å². The van der Waals surface area contributed by atoms with Gasteiger partial charge in [-0.25, -0.2) is 0 Å². The normalized spacial score (nSPS) is 23.7. The van der Waals surface area contributed by atoms with Crippen molar-refractivity contribution in [2.24, 2.45) is 0 Å². The highest BCUT2D eigenvalue weighted by molar-refractivity contribution is 5.33. The van der Waals surface area contributed by atoms with E-state index in [0.29, 0.717) is 5.92 Å². The van der Waals surface area contributed by atoms with Crippen LogP contribution >= 0.6 is 0 Å². The molecule has 0 unspecified atom stereocenters. The Labute approximate surface area is 79.4 Å². The highest BCUT2D eigenvalue weighted by Gasteiger charge is 2.22. The molecule has 1 heteroatoms. The Bertz CT molecular complexity index is 291. The summed E-state index contributed by atoms with van der Waals surface area (Å²) in [6.07, 6.45) is 3.32. The monoisotopic (exact) mass is 176 g/mol. The molecule has 1 aromatic rings. The fourth-order valence-corrected chi connectivity index (χ4v) is 2.29. The van der Waals surface area contributed by atoms with Gasteiger partial charge in [-0.2, -0.15) is 0 Å². The summed E-state index contributed by atoms with van der Waals surface area (Å²) in [5, 5.41) is 9.62. The van der Waals surface area contributed by atoms with Crippen molar-refractivity contribution in [3.8, 4) is 0 Å². The Hall–Kier alpha value is -0.820. The van der Waals surface area contributed by atoms with Crippen molar-refractivity contribution in [3.63, 3.8) is 0 Å². The van der Waals surface area contributed by atoms with Crippen LogP contribution in [0, 0.1) is 0 Å². The van der Waals surface area contributed by atoms with Crippen LogP contribution in [-0.2, 0) is 6.42 Å². The van der Waals surface area contributed by atoms with Crippen LogP contribution in [-0.4, -0.2) is 11.2 Å². The maximum Gasteiger partial charge on any atom is 0.0580 e. The van der Waals surface area contributed by atoms with Gasteiger partial charge in [0.05, 0.1) is 6.10 Å². The molecule has 1 aliphatic rings. The third-order valence-corrected chi connectivity index (χ3v) is 3.00. The van der Waals surface area contributed by atoms with Gasteiger partial charge in [-0.15, -0.1) is 0 Å². The molecule has 0 amide bonds. The average Bonchev–Trinajstić information content (AvgIpc) is 2.17. The summed E-state index contributed by atoms with van der Waals surface area (Å²) < 4.78 is 0. The molecule has 0 saturated carbocycles. The molecule has 0 heterocycles. The minimum absolute atomic E-state index is 0.207. The summed E-state index contributed by atoms with van der Waals surface area (Å²) in [5.74, 6) is 0.366. The van der Waals surface area contributed by atoms with Crippen molar-refractivity contribution < 1.29 is 5.11 Å². The van der Waals surface area contributed by atoms with Crippen LogP contribution in [0.2, 0.25) is 0 Å². The third-order valence-electron chi connectivity index (χ3n) is 3.00. The van der Waals surface area contributed by atoms with Gasteiger partial charge in [-0.3, -0.25) is 0 Å². The second-order valence-electron chi connectivity index (χ2n) is 3.94. The molecular weight excluding hydrogens is 160 g/mol. The number of hydrogen-bond donors (Lipinski definition) is 1. The predicted molar refractivity (Wildman–Crippen MR) is 53.8 cm³/mol. The Morgan fingerprint density at radius 3 is 2.92 bits per heavy atom. The molecule has 0 spiro atoms. The van der Waals surface area contributed by atoms with Gasteiger partial charge >= 0.3 is 0 Å². The molecule has 1 N–H and O–H groups in total. The smallest absolute Gasteiger partial charge is 0.0580 e. The van der Waals surface area contributed by atoms with Gasteiger partial charge in [-0.1, -0.05) is 24.3 Å². The van der Waals surface area contributed by atoms with E-state index in [9.17, 15) is 5.11 Å². The van der Waals surface area contributed by atoms with Crippen LogP contribution in [0.3, 0.4) is 0 Å². The third kappa shape index (κ3) is 1.61. The zero-order chi connectivity index (χ0) is 9.26. The minimum atomic E-state index is -0.207. The van der Waals surface area contributed by atoms with Crippen LogP contribution in [0.4, 0.5) is 0 Å². The molecule has 1 aliphatic carbocycles. The van der Waals surface area contributed by atoms with Crippen LogP contribution < -0.4 is 0 Å². The summed E-state index contributed by atoms with van der Waals surface area (Å²) in [4.78, 5) is 0. The Kier molecular flexibility index (Phi) is 2.36. The lowest BCUT2D eigenvalue weighted by molar-refractivity contribution is 0.153. The van der Waals surface area contributed by atoms with Crippen molar-refractivity contribution in [3.05, 3.63) is 35.4 Å². The Morgan fingerprint density at radius 2 is 2.15 bits per heavy atom. The fraction of sp³-hybridized carbons (Fsp3) is 0.500. The van der Waals surface area contributed by atoms with Gasteiger partial charge in [0.15, 0.2) is 0 Å². The topological polar surface area (TPSA) is 20.2 Å². The van der Waals surface area contributed by atoms with Crippen LogP contribution in [0.5, 0.6) is 0 Å². The zero-order valence-electron chi connectivity index (χ0n) is 8.03. The van der Waals surface area contributed by atoms with E-state index in [2.05, 4.69) is 24.3 Å². The molecule has 0 aromatic heterocycles. The maximum absolute atomic E-state index is 9.62. The van der Waals surface area contributed by atoms with Gasteiger partial charge in [0.1, 0.15) is 0 Å². The highest BCUT2D eigenvalue weighted by atomic mass is 16.3. The quantitative estimate of drug-likeness (QED) is 0.697. The van der Waals surface area contributed by atoms with Crippen molar-refractivity contribution in [2.45, 2.75) is 38.2 Å². The average molecular weight is 176 g/mol. The number of rotatable bonds is 1. The summed E-state index contributed by atoms with van der Waals surface area (Å²) in [6.45, 7) is 1.90. The van der Waals surface area contributed by atoms with E-state index in [1.807, 2.05) is 6.92 Å². The first-order chi connectivity index (χ1) is 6.29. The van der Waals surface area contributed by atoms with Crippen LogP contribution in [0.25, 0.3) is 0 Å². The van der Waals surface area contributed by atoms with Crippen molar-refractivity contribution in [1.29, 1.82) is 0 Å². The lowest BCUT2D eigenvalue weighted by Crippen LogP contribution is -2.19. The molecular formula is C12H16O. The van der Waals surface area contributed by atoms with E-state index >= 15 is 0 Å². The van der Waals surface area contributed by atoms with E-state index in [4.69, 9.17) is 0 Å². The summed E-state index contributed by atoms with van der Waals surface area (Å²) in [5.41, 5.74) is 2.79. The van der Waals surface area contributed by atoms with Gasteiger partial charge in [0, 0.05) is 5.92 Å². The second-order valence-corrected chi connectivity index (χ2v) is 3.94. The predicted octanol–water partition coefficient (Wildman–Crippen LogP) is 2.49. The number of aliphatic hydroxyl groups excluding tert-OH is 1. The van der Waals surface area contributed by atoms with E-state index in [-0.39, 0.29) is 6.10 Å². The van der Waals surface area contributed by atoms with E-state index in [1.165, 1.54) is 24.0 Å². The first kappa shape index (κ1) is 8.76. The maximum atomic E-state index is 9.62. The van der Waals surface area contributed by atoms with E-state index in [0.717, 1.165) is 6.42 Å². The molecule has 2 atom stereocenters. The largest absolute Gasteiger partial charge is 0.393 e. The molecule has 0 radical (unpaired) electrons. The first-order valence-electron chi connectivity index (χ1n) is 5.05. The summed E-state index contributed by atoms with van der Waals surface area (Å²) in [6, 6.07) is 8.50. The van der Waals surface area contributed by atoms with Crippen molar-refractivity contribution in [2.75, 3.05) is 0 Å². The lowest BCUT2D eigenvalue weighted by atomic mass is 9.80. The number of aliphatic hydroxyl groups is 1. The standard InChI is InChI=1S/C12H16O/c1-9(13)11-8-4-6-10-5-2-3-7-12(10)11/h2-3,5,7,9,11,13H,4,6,8H2,1H3/t9-,11+/m0/s1. The van der Waals surface area contributed by atoms with Crippen LogP contribution in [0.15, 0.2) is 24.3 Å². The number of aryl methyl sites for hydroxylation is 1. The molecule has 0 saturated heterocycles. The van der Waals surface area contributed by atoms with Gasteiger partial charge < -0.3 is 5.11 Å². The molecule has 70 valence electrons. The zero-order valence-corrected chi connectivity index (χ0v) is 8.03. The molecule has 0 aliphatic heterocycles. The lowest BCUT2D eigenvalue weighted by Gasteiger charge is -2.27. The Balaban J connectivity index is 2.37. The number of hydrogen-bond acceptors (Lipinski definition) is 1. The SMILES string of the molecule is C[C@H](O)[C@H]1CCCc2ccccc21. The fourth-order valence-electron chi connectivity index (χ4n) is 2.29. The molecule has 1 nitrogen and oxygen atoms in total.